The summed E-state index contributed by atoms with van der Waals surface area (Å²) in [5.74, 6) is -1.44. The summed E-state index contributed by atoms with van der Waals surface area (Å²) in [4.78, 5) is 26.0. The van der Waals surface area contributed by atoms with E-state index in [9.17, 15) is 9.59 Å². The molecule has 0 heterocycles. The van der Waals surface area contributed by atoms with E-state index in [0.29, 0.717) is 12.0 Å². The molecule has 6 heteroatoms. The van der Waals surface area contributed by atoms with Crippen LogP contribution >= 0.6 is 11.6 Å². The summed E-state index contributed by atoms with van der Waals surface area (Å²) in [5.41, 5.74) is 7.66. The van der Waals surface area contributed by atoms with Crippen LogP contribution in [0.2, 0.25) is 5.02 Å². The van der Waals surface area contributed by atoms with Gasteiger partial charge < -0.3 is 15.3 Å². The molecule has 1 atom stereocenters. The molecule has 0 aliphatic carbocycles. The monoisotopic (exact) mass is 478 g/mol. The lowest BCUT2D eigenvalue weighted by atomic mass is 9.96. The van der Waals surface area contributed by atoms with Gasteiger partial charge >= 0.3 is 5.97 Å². The standard InChI is InChI=1S/C28H31ClN2O3/c1-6-20-15-22(11-12-25(20)27(32)30-19(5)28(33)34)21-9-8-10-23(16-21)31(7-2)24-13-17(3)26(29)18(4)14-24/h8-16,19H,6-7H2,1-5H3,(H,30,32)(H,33,34). The van der Waals surface area contributed by atoms with Gasteiger partial charge in [-0.25, -0.2) is 0 Å². The van der Waals surface area contributed by atoms with Crippen molar-refractivity contribution in [2.75, 3.05) is 11.4 Å². The van der Waals surface area contributed by atoms with Crippen LogP contribution in [0.3, 0.4) is 0 Å². The van der Waals surface area contributed by atoms with Crippen LogP contribution in [0.25, 0.3) is 11.1 Å². The molecule has 0 spiro atoms. The number of carbonyl (C=O) groups excluding carboxylic acids is 1. The van der Waals surface area contributed by atoms with E-state index in [2.05, 4.69) is 47.5 Å². The number of aliphatic carboxylic acids is 1. The third-order valence-electron chi connectivity index (χ3n) is 5.99. The number of benzene rings is 3. The summed E-state index contributed by atoms with van der Waals surface area (Å²) in [7, 11) is 0. The Bertz CT molecular complexity index is 1200. The number of amides is 1. The van der Waals surface area contributed by atoms with Gasteiger partial charge in [0, 0.05) is 28.5 Å². The Morgan fingerprint density at radius 1 is 0.971 bits per heavy atom. The molecule has 3 aromatic rings. The minimum absolute atomic E-state index is 0.377. The first-order chi connectivity index (χ1) is 16.2. The van der Waals surface area contributed by atoms with Gasteiger partial charge in [0.05, 0.1) is 0 Å². The number of carboxylic acids is 1. The molecule has 0 aliphatic heterocycles. The molecule has 0 bridgehead atoms. The summed E-state index contributed by atoms with van der Waals surface area (Å²) >= 11 is 6.38. The van der Waals surface area contributed by atoms with E-state index in [1.165, 1.54) is 6.92 Å². The fourth-order valence-electron chi connectivity index (χ4n) is 4.07. The van der Waals surface area contributed by atoms with E-state index >= 15 is 0 Å². The zero-order chi connectivity index (χ0) is 25.0. The second-order valence-corrected chi connectivity index (χ2v) is 8.82. The molecule has 0 radical (unpaired) electrons. The lowest BCUT2D eigenvalue weighted by molar-refractivity contribution is -0.138. The zero-order valence-electron chi connectivity index (χ0n) is 20.3. The normalized spacial score (nSPS) is 11.7. The Labute approximate surface area is 206 Å². The molecule has 1 unspecified atom stereocenters. The van der Waals surface area contributed by atoms with Gasteiger partial charge in [-0.05, 0) is 92.3 Å². The molecule has 34 heavy (non-hydrogen) atoms. The van der Waals surface area contributed by atoms with Crippen molar-refractivity contribution >= 4 is 34.9 Å². The van der Waals surface area contributed by atoms with Crippen molar-refractivity contribution in [3.05, 3.63) is 81.9 Å². The van der Waals surface area contributed by atoms with E-state index in [1.807, 2.05) is 39.0 Å². The third kappa shape index (κ3) is 5.42. The number of nitrogens with zero attached hydrogens (tertiary/aromatic N) is 1. The fourth-order valence-corrected chi connectivity index (χ4v) is 4.18. The van der Waals surface area contributed by atoms with Gasteiger partial charge in [-0.3, -0.25) is 9.59 Å². The number of halogens is 1. The van der Waals surface area contributed by atoms with Gasteiger partial charge in [0.15, 0.2) is 0 Å². The van der Waals surface area contributed by atoms with E-state index in [1.54, 1.807) is 6.07 Å². The maximum atomic E-state index is 12.6. The van der Waals surface area contributed by atoms with Crippen LogP contribution in [0.15, 0.2) is 54.6 Å². The van der Waals surface area contributed by atoms with Crippen molar-refractivity contribution in [1.82, 2.24) is 5.32 Å². The van der Waals surface area contributed by atoms with Crippen LogP contribution in [0.4, 0.5) is 11.4 Å². The van der Waals surface area contributed by atoms with Crippen molar-refractivity contribution < 1.29 is 14.7 Å². The fraction of sp³-hybridized carbons (Fsp3) is 0.286. The Morgan fingerprint density at radius 3 is 2.21 bits per heavy atom. The lowest BCUT2D eigenvalue weighted by Gasteiger charge is -2.25. The number of carbonyl (C=O) groups is 2. The summed E-state index contributed by atoms with van der Waals surface area (Å²) in [6.07, 6.45) is 0.655. The van der Waals surface area contributed by atoms with E-state index in [0.717, 1.165) is 50.8 Å². The molecule has 0 aromatic heterocycles. The molecule has 3 rings (SSSR count). The van der Waals surface area contributed by atoms with E-state index < -0.39 is 12.0 Å². The molecule has 0 aliphatic rings. The SMILES string of the molecule is CCc1cc(-c2cccc(N(CC)c3cc(C)c(Cl)c(C)c3)c2)ccc1C(=O)NC(C)C(=O)O. The first-order valence-electron chi connectivity index (χ1n) is 11.5. The van der Waals surface area contributed by atoms with Crippen LogP contribution in [0.5, 0.6) is 0 Å². The summed E-state index contributed by atoms with van der Waals surface area (Å²) in [6, 6.07) is 17.3. The minimum Gasteiger partial charge on any atom is -0.480 e. The number of rotatable bonds is 8. The minimum atomic E-state index is -1.06. The lowest BCUT2D eigenvalue weighted by Crippen LogP contribution is -2.38. The van der Waals surface area contributed by atoms with Crippen molar-refractivity contribution in [2.24, 2.45) is 0 Å². The van der Waals surface area contributed by atoms with Crippen molar-refractivity contribution in [2.45, 2.75) is 47.1 Å². The number of nitrogens with one attached hydrogen (secondary N) is 1. The summed E-state index contributed by atoms with van der Waals surface area (Å²) < 4.78 is 0. The largest absolute Gasteiger partial charge is 0.480 e. The first kappa shape index (κ1) is 25.3. The highest BCUT2D eigenvalue weighted by molar-refractivity contribution is 6.32. The van der Waals surface area contributed by atoms with Crippen LogP contribution < -0.4 is 10.2 Å². The van der Waals surface area contributed by atoms with Gasteiger partial charge in [-0.2, -0.15) is 0 Å². The smallest absolute Gasteiger partial charge is 0.325 e. The topological polar surface area (TPSA) is 69.6 Å². The molecular formula is C28H31ClN2O3. The number of carboxylic acid groups (broad SMARTS) is 1. The van der Waals surface area contributed by atoms with Gasteiger partial charge in [0.25, 0.3) is 5.91 Å². The Balaban J connectivity index is 1.96. The van der Waals surface area contributed by atoms with Gasteiger partial charge in [0.1, 0.15) is 6.04 Å². The van der Waals surface area contributed by atoms with Crippen molar-refractivity contribution in [1.29, 1.82) is 0 Å². The highest BCUT2D eigenvalue weighted by Gasteiger charge is 2.18. The molecule has 0 fully saturated rings. The molecule has 2 N–H and O–H groups in total. The zero-order valence-corrected chi connectivity index (χ0v) is 21.0. The van der Waals surface area contributed by atoms with E-state index in [4.69, 9.17) is 16.7 Å². The number of hydrogen-bond donors (Lipinski definition) is 2. The molecular weight excluding hydrogens is 448 g/mol. The molecule has 1 amide bonds. The number of aryl methyl sites for hydroxylation is 3. The third-order valence-corrected chi connectivity index (χ3v) is 6.59. The van der Waals surface area contributed by atoms with Crippen LogP contribution in [0, 0.1) is 13.8 Å². The van der Waals surface area contributed by atoms with Crippen molar-refractivity contribution in [3.8, 4) is 11.1 Å². The molecule has 5 nitrogen and oxygen atoms in total. The van der Waals surface area contributed by atoms with Crippen LogP contribution in [0.1, 0.15) is 47.8 Å². The quantitative estimate of drug-likeness (QED) is 0.385. The van der Waals surface area contributed by atoms with Crippen LogP contribution in [-0.2, 0) is 11.2 Å². The van der Waals surface area contributed by atoms with E-state index in [-0.39, 0.29) is 5.91 Å². The van der Waals surface area contributed by atoms with Gasteiger partial charge in [-0.1, -0.05) is 42.8 Å². The number of hydrogen-bond acceptors (Lipinski definition) is 3. The predicted molar refractivity (Wildman–Crippen MR) is 139 cm³/mol. The molecule has 0 saturated carbocycles. The Morgan fingerprint density at radius 2 is 1.62 bits per heavy atom. The first-order valence-corrected chi connectivity index (χ1v) is 11.8. The van der Waals surface area contributed by atoms with Gasteiger partial charge in [-0.15, -0.1) is 0 Å². The van der Waals surface area contributed by atoms with Crippen LogP contribution in [-0.4, -0.2) is 29.6 Å². The predicted octanol–water partition coefficient (Wildman–Crippen LogP) is 6.55. The Kier molecular flexibility index (Phi) is 8.00. The molecule has 178 valence electrons. The average molecular weight is 479 g/mol. The summed E-state index contributed by atoms with van der Waals surface area (Å²) in [5, 5.41) is 12.4. The molecule has 0 saturated heterocycles. The maximum Gasteiger partial charge on any atom is 0.325 e. The second-order valence-electron chi connectivity index (χ2n) is 8.45. The summed E-state index contributed by atoms with van der Waals surface area (Å²) in [6.45, 7) is 10.4. The highest BCUT2D eigenvalue weighted by atomic mass is 35.5. The Hall–Kier alpha value is -3.31. The molecule has 3 aromatic carbocycles. The second kappa shape index (κ2) is 10.7. The average Bonchev–Trinajstić information content (AvgIpc) is 2.82. The van der Waals surface area contributed by atoms with Gasteiger partial charge in [0.2, 0.25) is 0 Å². The van der Waals surface area contributed by atoms with Crippen molar-refractivity contribution in [3.63, 3.8) is 0 Å². The number of anilines is 2. The maximum absolute atomic E-state index is 12.6. The highest BCUT2D eigenvalue weighted by Crippen LogP contribution is 2.33.